The Kier molecular flexibility index (Phi) is 8.50. The van der Waals surface area contributed by atoms with Crippen molar-refractivity contribution in [3.8, 4) is 5.75 Å². The first-order chi connectivity index (χ1) is 17.9. The van der Waals surface area contributed by atoms with Gasteiger partial charge in [-0.15, -0.1) is 0 Å². The van der Waals surface area contributed by atoms with Crippen LogP contribution in [-0.4, -0.2) is 66.3 Å². The maximum atomic E-state index is 13.6. The molecule has 2 amide bonds. The Morgan fingerprint density at radius 3 is 2.35 bits per heavy atom. The molecule has 1 heterocycles. The molecule has 0 spiro atoms. The minimum Gasteiger partial charge on any atom is -0.497 e. The average Bonchev–Trinajstić information content (AvgIpc) is 3.62. The molecule has 10 heteroatoms. The van der Waals surface area contributed by atoms with Gasteiger partial charge in [0.1, 0.15) is 12.3 Å². The van der Waals surface area contributed by atoms with Gasteiger partial charge < -0.3 is 14.4 Å². The van der Waals surface area contributed by atoms with Gasteiger partial charge in [0.2, 0.25) is 5.91 Å². The van der Waals surface area contributed by atoms with Crippen LogP contribution in [0.3, 0.4) is 0 Å². The first kappa shape index (κ1) is 26.3. The van der Waals surface area contributed by atoms with E-state index >= 15 is 0 Å². The number of benzene rings is 2. The molecule has 0 N–H and O–H groups in total. The molecule has 0 saturated heterocycles. The van der Waals surface area contributed by atoms with Crippen LogP contribution < -0.4 is 4.74 Å². The minimum absolute atomic E-state index is 0.0114. The van der Waals surface area contributed by atoms with Crippen LogP contribution in [0.2, 0.25) is 0 Å². The van der Waals surface area contributed by atoms with Crippen molar-refractivity contribution in [3.05, 3.63) is 69.8 Å². The predicted molar refractivity (Wildman–Crippen MR) is 137 cm³/mol. The van der Waals surface area contributed by atoms with Gasteiger partial charge in [0, 0.05) is 38.1 Å². The average molecular weight is 509 g/mol. The number of hydrogen-bond donors (Lipinski definition) is 0. The van der Waals surface area contributed by atoms with Crippen LogP contribution in [0.25, 0.3) is 0 Å². The summed E-state index contributed by atoms with van der Waals surface area (Å²) in [5, 5.41) is 17.2. The fourth-order valence-electron chi connectivity index (χ4n) is 4.91. The number of rotatable bonds is 10. The number of ether oxygens (including phenoxy) is 2. The van der Waals surface area contributed by atoms with E-state index in [2.05, 4.69) is 5.10 Å². The number of hydrogen-bond acceptors (Lipinski definition) is 7. The van der Waals surface area contributed by atoms with Gasteiger partial charge in [-0.2, -0.15) is 5.10 Å². The second-order valence-corrected chi connectivity index (χ2v) is 9.32. The molecule has 0 unspecified atom stereocenters. The van der Waals surface area contributed by atoms with Crippen molar-refractivity contribution < 1.29 is 24.0 Å². The largest absolute Gasteiger partial charge is 0.497 e. The van der Waals surface area contributed by atoms with Gasteiger partial charge >= 0.3 is 0 Å². The first-order valence-electron chi connectivity index (χ1n) is 12.5. The van der Waals surface area contributed by atoms with Crippen molar-refractivity contribution in [2.75, 3.05) is 33.9 Å². The second kappa shape index (κ2) is 12.0. The standard InChI is InChI=1S/C27H32N4O6/c1-36-16-15-29(27(33)21-5-3-4-6-21)18-26(32)30-25(20-9-13-23(37-2)14-10-20)17-24(28-30)19-7-11-22(12-8-19)31(34)35/h7-14,21,25H,3-6,15-18H2,1-2H3/t25-/m1/s1. The zero-order valence-corrected chi connectivity index (χ0v) is 21.2. The molecular formula is C27H32N4O6. The van der Waals surface area contributed by atoms with E-state index in [1.54, 1.807) is 31.3 Å². The Balaban J connectivity index is 1.60. The van der Waals surface area contributed by atoms with E-state index in [-0.39, 0.29) is 36.0 Å². The van der Waals surface area contributed by atoms with E-state index in [9.17, 15) is 19.7 Å². The number of nitro groups is 1. The highest BCUT2D eigenvalue weighted by atomic mass is 16.6. The van der Waals surface area contributed by atoms with Crippen molar-refractivity contribution >= 4 is 23.2 Å². The Labute approximate surface area is 216 Å². The molecule has 2 aliphatic rings. The number of carbonyl (C=O) groups excluding carboxylic acids is 2. The number of methoxy groups -OCH3 is 2. The monoisotopic (exact) mass is 508 g/mol. The third-order valence-corrected chi connectivity index (χ3v) is 6.99. The Bertz CT molecular complexity index is 1140. The lowest BCUT2D eigenvalue weighted by Crippen LogP contribution is -2.44. The van der Waals surface area contributed by atoms with E-state index in [4.69, 9.17) is 9.47 Å². The maximum Gasteiger partial charge on any atom is 0.269 e. The molecule has 4 rings (SSSR count). The summed E-state index contributed by atoms with van der Waals surface area (Å²) in [7, 11) is 3.16. The number of nitrogens with zero attached hydrogens (tertiary/aromatic N) is 4. The molecule has 10 nitrogen and oxygen atoms in total. The van der Waals surface area contributed by atoms with Crippen LogP contribution in [0.1, 0.15) is 49.3 Å². The van der Waals surface area contributed by atoms with Crippen molar-refractivity contribution in [2.45, 2.75) is 38.1 Å². The molecule has 0 bridgehead atoms. The molecule has 1 saturated carbocycles. The molecule has 1 aliphatic heterocycles. The number of non-ortho nitro benzene ring substituents is 1. The Hall–Kier alpha value is -3.79. The van der Waals surface area contributed by atoms with E-state index < -0.39 is 4.92 Å². The van der Waals surface area contributed by atoms with Crippen LogP contribution in [0, 0.1) is 16.0 Å². The number of nitro benzene ring substituents is 1. The van der Waals surface area contributed by atoms with E-state index in [0.29, 0.717) is 36.6 Å². The highest BCUT2D eigenvalue weighted by Crippen LogP contribution is 2.34. The van der Waals surface area contributed by atoms with Gasteiger partial charge in [-0.1, -0.05) is 25.0 Å². The molecular weight excluding hydrogens is 476 g/mol. The summed E-state index contributed by atoms with van der Waals surface area (Å²) in [6, 6.07) is 13.2. The van der Waals surface area contributed by atoms with Crippen LogP contribution in [0.5, 0.6) is 5.75 Å². The highest BCUT2D eigenvalue weighted by Gasteiger charge is 2.36. The van der Waals surface area contributed by atoms with Gasteiger partial charge in [0.15, 0.2) is 0 Å². The molecule has 37 heavy (non-hydrogen) atoms. The highest BCUT2D eigenvalue weighted by molar-refractivity contribution is 6.03. The molecule has 2 aromatic carbocycles. The summed E-state index contributed by atoms with van der Waals surface area (Å²) >= 11 is 0. The molecule has 1 fully saturated rings. The lowest BCUT2D eigenvalue weighted by molar-refractivity contribution is -0.384. The van der Waals surface area contributed by atoms with Crippen molar-refractivity contribution in [2.24, 2.45) is 11.0 Å². The summed E-state index contributed by atoms with van der Waals surface area (Å²) in [5.74, 6) is 0.340. The SMILES string of the molecule is COCCN(CC(=O)N1N=C(c2ccc([N+](=O)[O-])cc2)C[C@@H]1c1ccc(OC)cc1)C(=O)C1CCCC1. The van der Waals surface area contributed by atoms with E-state index in [1.807, 2.05) is 24.3 Å². The normalized spacial score (nSPS) is 17.5. The summed E-state index contributed by atoms with van der Waals surface area (Å²) in [6.07, 6.45) is 4.17. The lowest BCUT2D eigenvalue weighted by Gasteiger charge is -2.28. The molecule has 0 aromatic heterocycles. The van der Waals surface area contributed by atoms with Gasteiger partial charge in [-0.3, -0.25) is 19.7 Å². The summed E-state index contributed by atoms with van der Waals surface area (Å²) < 4.78 is 10.5. The summed E-state index contributed by atoms with van der Waals surface area (Å²) in [4.78, 5) is 39.0. The fourth-order valence-corrected chi connectivity index (χ4v) is 4.91. The quantitative estimate of drug-likeness (QED) is 0.355. The summed E-state index contributed by atoms with van der Waals surface area (Å²) in [6.45, 7) is 0.574. The van der Waals surface area contributed by atoms with Crippen LogP contribution >= 0.6 is 0 Å². The fraction of sp³-hybridized carbons (Fsp3) is 0.444. The molecule has 196 valence electrons. The number of amides is 2. The van der Waals surface area contributed by atoms with Crippen molar-refractivity contribution in [1.82, 2.24) is 9.91 Å². The van der Waals surface area contributed by atoms with Gasteiger partial charge in [-0.25, -0.2) is 5.01 Å². The smallest absolute Gasteiger partial charge is 0.269 e. The zero-order valence-electron chi connectivity index (χ0n) is 21.2. The van der Waals surface area contributed by atoms with Gasteiger partial charge in [-0.05, 0) is 48.2 Å². The van der Waals surface area contributed by atoms with E-state index in [0.717, 1.165) is 31.2 Å². The maximum absolute atomic E-state index is 13.6. The van der Waals surface area contributed by atoms with Gasteiger partial charge in [0.25, 0.3) is 11.6 Å². The Morgan fingerprint density at radius 2 is 1.76 bits per heavy atom. The van der Waals surface area contributed by atoms with E-state index in [1.165, 1.54) is 17.1 Å². The van der Waals surface area contributed by atoms with Crippen molar-refractivity contribution in [1.29, 1.82) is 0 Å². The molecule has 1 aliphatic carbocycles. The van der Waals surface area contributed by atoms with Crippen LogP contribution in [0.15, 0.2) is 53.6 Å². The Morgan fingerprint density at radius 1 is 1.08 bits per heavy atom. The van der Waals surface area contributed by atoms with Crippen molar-refractivity contribution in [3.63, 3.8) is 0 Å². The number of carbonyl (C=O) groups is 2. The molecule has 2 aromatic rings. The molecule has 1 atom stereocenters. The third-order valence-electron chi connectivity index (χ3n) is 6.99. The van der Waals surface area contributed by atoms with Crippen LogP contribution in [-0.2, 0) is 14.3 Å². The topological polar surface area (TPSA) is 115 Å². The second-order valence-electron chi connectivity index (χ2n) is 9.32. The lowest BCUT2D eigenvalue weighted by atomic mass is 9.98. The van der Waals surface area contributed by atoms with Crippen LogP contribution in [0.4, 0.5) is 5.69 Å². The minimum atomic E-state index is -0.452. The zero-order chi connectivity index (χ0) is 26.4. The number of hydrazone groups is 1. The molecule has 0 radical (unpaired) electrons. The third kappa shape index (κ3) is 6.14. The predicted octanol–water partition coefficient (Wildman–Crippen LogP) is 3.95. The summed E-state index contributed by atoms with van der Waals surface area (Å²) in [5.41, 5.74) is 2.22. The first-order valence-corrected chi connectivity index (χ1v) is 12.5. The van der Waals surface area contributed by atoms with Gasteiger partial charge in [0.05, 0.1) is 30.4 Å².